The molecule has 0 bridgehead atoms. The highest BCUT2D eigenvalue weighted by Crippen LogP contribution is 2.37. The highest BCUT2D eigenvalue weighted by molar-refractivity contribution is 6.45. The molecular weight excluding hydrogens is 215 g/mol. The van der Waals surface area contributed by atoms with E-state index in [1.165, 1.54) is 0 Å². The highest BCUT2D eigenvalue weighted by atomic mass is 16.7. The quantitative estimate of drug-likeness (QED) is 0.308. The van der Waals surface area contributed by atoms with Gasteiger partial charge in [0.2, 0.25) is 0 Å². The number of hydrogen-bond acceptors (Lipinski definition) is 3. The smallest absolute Gasteiger partial charge is 0.458 e. The molecule has 1 aliphatic rings. The zero-order valence-electron chi connectivity index (χ0n) is 11.4. The van der Waals surface area contributed by atoms with E-state index in [1.54, 1.807) is 12.3 Å². The van der Waals surface area contributed by atoms with Crippen molar-refractivity contribution in [1.82, 2.24) is 0 Å². The molecule has 96 valence electrons. The van der Waals surface area contributed by atoms with E-state index in [0.717, 1.165) is 12.7 Å². The summed E-state index contributed by atoms with van der Waals surface area (Å²) in [7, 11) is -0.121. The summed E-state index contributed by atoms with van der Waals surface area (Å²) < 4.78 is 16.9. The van der Waals surface area contributed by atoms with Crippen LogP contribution in [0.3, 0.4) is 0 Å². The van der Waals surface area contributed by atoms with E-state index >= 15 is 0 Å². The lowest BCUT2D eigenvalue weighted by molar-refractivity contribution is 0.00578. The van der Waals surface area contributed by atoms with Gasteiger partial charge in [0.15, 0.2) is 0 Å². The van der Waals surface area contributed by atoms with Crippen LogP contribution in [-0.4, -0.2) is 24.9 Å². The van der Waals surface area contributed by atoms with Crippen molar-refractivity contribution in [2.75, 3.05) is 6.61 Å². The average Bonchev–Trinajstić information content (AvgIpc) is 2.41. The lowest BCUT2D eigenvalue weighted by Crippen LogP contribution is -2.41. The average molecular weight is 238 g/mol. The van der Waals surface area contributed by atoms with E-state index in [-0.39, 0.29) is 18.3 Å². The maximum Gasteiger partial charge on any atom is 0.458 e. The minimum Gasteiger partial charge on any atom is -0.497 e. The molecule has 0 aromatic carbocycles. The normalized spacial score (nSPS) is 22.0. The number of ether oxygens (including phenoxy) is 1. The van der Waals surface area contributed by atoms with Crippen LogP contribution < -0.4 is 0 Å². The highest BCUT2D eigenvalue weighted by Gasteiger charge is 2.50. The second-order valence-electron chi connectivity index (χ2n) is 5.26. The third kappa shape index (κ3) is 3.89. The number of allylic oxidation sites excluding steroid dienone is 1. The van der Waals surface area contributed by atoms with Crippen LogP contribution in [0.15, 0.2) is 25.0 Å². The van der Waals surface area contributed by atoms with E-state index in [9.17, 15) is 0 Å². The summed E-state index contributed by atoms with van der Waals surface area (Å²) in [5, 5.41) is 0. The van der Waals surface area contributed by atoms with Gasteiger partial charge >= 0.3 is 7.12 Å². The van der Waals surface area contributed by atoms with Crippen molar-refractivity contribution < 1.29 is 14.0 Å². The van der Waals surface area contributed by atoms with Crippen LogP contribution in [-0.2, 0) is 14.0 Å². The second kappa shape index (κ2) is 5.74. The van der Waals surface area contributed by atoms with E-state index < -0.39 is 0 Å². The van der Waals surface area contributed by atoms with Gasteiger partial charge in [-0.05, 0) is 40.4 Å². The van der Waals surface area contributed by atoms with Gasteiger partial charge in [-0.3, -0.25) is 0 Å². The lowest BCUT2D eigenvalue weighted by atomic mass is 9.83. The minimum atomic E-state index is -0.235. The molecule has 1 saturated heterocycles. The maximum atomic E-state index is 5.88. The van der Waals surface area contributed by atoms with Gasteiger partial charge in [-0.15, -0.1) is 0 Å². The molecule has 17 heavy (non-hydrogen) atoms. The molecule has 0 unspecified atom stereocenters. The zero-order chi connectivity index (χ0) is 12.9. The SMILES string of the molecule is C=CCO/C=C\CCB1OC(C)(C)C(C)(C)O1. The summed E-state index contributed by atoms with van der Waals surface area (Å²) >= 11 is 0. The summed E-state index contributed by atoms with van der Waals surface area (Å²) in [6, 6.07) is 0. The molecule has 0 atom stereocenters. The Balaban J connectivity index is 2.27. The Morgan fingerprint density at radius 1 is 1.18 bits per heavy atom. The van der Waals surface area contributed by atoms with Crippen LogP contribution >= 0.6 is 0 Å². The van der Waals surface area contributed by atoms with Crippen molar-refractivity contribution in [2.45, 2.75) is 51.6 Å². The van der Waals surface area contributed by atoms with Crippen molar-refractivity contribution in [1.29, 1.82) is 0 Å². The zero-order valence-corrected chi connectivity index (χ0v) is 11.4. The first-order valence-electron chi connectivity index (χ1n) is 6.12. The predicted octanol–water partition coefficient (Wildman–Crippen LogP) is 3.19. The van der Waals surface area contributed by atoms with Gasteiger partial charge < -0.3 is 14.0 Å². The molecule has 3 nitrogen and oxygen atoms in total. The second-order valence-corrected chi connectivity index (χ2v) is 5.26. The molecule has 1 rings (SSSR count). The summed E-state index contributed by atoms with van der Waals surface area (Å²) in [5.74, 6) is 0. The Kier molecular flexibility index (Phi) is 4.84. The molecule has 0 aromatic heterocycles. The molecule has 0 N–H and O–H groups in total. The van der Waals surface area contributed by atoms with Gasteiger partial charge in [-0.1, -0.05) is 18.7 Å². The fourth-order valence-electron chi connectivity index (χ4n) is 1.57. The minimum absolute atomic E-state index is 0.121. The lowest BCUT2D eigenvalue weighted by Gasteiger charge is -2.32. The molecule has 1 aliphatic heterocycles. The van der Waals surface area contributed by atoms with E-state index in [4.69, 9.17) is 14.0 Å². The molecule has 0 aliphatic carbocycles. The Morgan fingerprint density at radius 2 is 1.76 bits per heavy atom. The van der Waals surface area contributed by atoms with Crippen LogP contribution in [0.2, 0.25) is 6.32 Å². The monoisotopic (exact) mass is 238 g/mol. The van der Waals surface area contributed by atoms with Gasteiger partial charge in [0.25, 0.3) is 0 Å². The van der Waals surface area contributed by atoms with E-state index in [0.29, 0.717) is 6.61 Å². The van der Waals surface area contributed by atoms with Crippen molar-refractivity contribution in [2.24, 2.45) is 0 Å². The molecular formula is C13H23BO3. The van der Waals surface area contributed by atoms with Crippen LogP contribution in [0.5, 0.6) is 0 Å². The largest absolute Gasteiger partial charge is 0.497 e. The molecule has 1 heterocycles. The van der Waals surface area contributed by atoms with Gasteiger partial charge in [-0.25, -0.2) is 0 Å². The Bertz CT molecular complexity index is 268. The molecule has 1 fully saturated rings. The summed E-state index contributed by atoms with van der Waals surface area (Å²) in [5.41, 5.74) is -0.471. The Hall–Kier alpha value is -0.735. The van der Waals surface area contributed by atoms with Crippen LogP contribution in [0, 0.1) is 0 Å². The van der Waals surface area contributed by atoms with Crippen molar-refractivity contribution in [3.05, 3.63) is 25.0 Å². The first-order valence-corrected chi connectivity index (χ1v) is 6.12. The Morgan fingerprint density at radius 3 is 2.29 bits per heavy atom. The summed E-state index contributed by atoms with van der Waals surface area (Å²) in [4.78, 5) is 0. The fraction of sp³-hybridized carbons (Fsp3) is 0.692. The standard InChI is InChI=1S/C13H23BO3/c1-6-10-15-11-8-7-9-14-16-12(2,3)13(4,5)17-14/h6,8,11H,1,7,9-10H2,2-5H3/b11-8-. The topological polar surface area (TPSA) is 27.7 Å². The molecule has 0 aromatic rings. The van der Waals surface area contributed by atoms with Crippen LogP contribution in [0.1, 0.15) is 34.1 Å². The molecule has 0 saturated carbocycles. The van der Waals surface area contributed by atoms with Crippen LogP contribution in [0.25, 0.3) is 0 Å². The predicted molar refractivity (Wildman–Crippen MR) is 70.8 cm³/mol. The third-order valence-electron chi connectivity index (χ3n) is 3.28. The van der Waals surface area contributed by atoms with Crippen molar-refractivity contribution in [3.8, 4) is 0 Å². The van der Waals surface area contributed by atoms with Gasteiger partial charge in [0, 0.05) is 0 Å². The summed E-state index contributed by atoms with van der Waals surface area (Å²) in [6.45, 7) is 12.4. The van der Waals surface area contributed by atoms with E-state index in [2.05, 4.69) is 34.3 Å². The Labute approximate surface area is 105 Å². The summed E-state index contributed by atoms with van der Waals surface area (Å²) in [6.07, 6.45) is 7.13. The fourth-order valence-corrected chi connectivity index (χ4v) is 1.57. The first-order chi connectivity index (χ1) is 7.89. The van der Waals surface area contributed by atoms with Gasteiger partial charge in [0.1, 0.15) is 6.61 Å². The molecule has 0 amide bonds. The van der Waals surface area contributed by atoms with Crippen molar-refractivity contribution in [3.63, 3.8) is 0 Å². The van der Waals surface area contributed by atoms with Crippen molar-refractivity contribution >= 4 is 7.12 Å². The molecule has 0 radical (unpaired) electrons. The maximum absolute atomic E-state index is 5.88. The van der Waals surface area contributed by atoms with E-state index in [1.807, 2.05) is 6.08 Å². The number of hydrogen-bond donors (Lipinski definition) is 0. The number of rotatable bonds is 6. The van der Waals surface area contributed by atoms with Gasteiger partial charge in [-0.2, -0.15) is 0 Å². The first kappa shape index (κ1) is 14.3. The van der Waals surface area contributed by atoms with Gasteiger partial charge in [0.05, 0.1) is 17.5 Å². The van der Waals surface area contributed by atoms with Crippen LogP contribution in [0.4, 0.5) is 0 Å². The third-order valence-corrected chi connectivity index (χ3v) is 3.28. The molecule has 0 spiro atoms. The molecule has 4 heteroatoms.